The van der Waals surface area contributed by atoms with Gasteiger partial charge in [-0.25, -0.2) is 15.0 Å². The molecule has 0 radical (unpaired) electrons. The number of rotatable bonds is 8. The fourth-order valence-corrected chi connectivity index (χ4v) is 3.59. The molecule has 1 fully saturated rings. The number of nitrogens with zero attached hydrogens (tertiary/aromatic N) is 4. The van der Waals surface area contributed by atoms with Crippen LogP contribution in [-0.4, -0.2) is 47.4 Å². The van der Waals surface area contributed by atoms with E-state index in [-0.39, 0.29) is 6.10 Å². The third-order valence-electron chi connectivity index (χ3n) is 5.37. The summed E-state index contributed by atoms with van der Waals surface area (Å²) >= 11 is 0. The summed E-state index contributed by atoms with van der Waals surface area (Å²) in [5, 5.41) is 3.24. The van der Waals surface area contributed by atoms with Gasteiger partial charge in [0.05, 0.1) is 30.8 Å². The topological polar surface area (TPSA) is 72.4 Å². The van der Waals surface area contributed by atoms with Gasteiger partial charge in [-0.15, -0.1) is 0 Å². The molecule has 0 spiro atoms. The summed E-state index contributed by atoms with van der Waals surface area (Å²) in [6.45, 7) is 7.65. The molecule has 1 N–H and O–H groups in total. The van der Waals surface area contributed by atoms with Crippen LogP contribution >= 0.6 is 0 Å². The van der Waals surface area contributed by atoms with Crippen molar-refractivity contribution in [1.29, 1.82) is 0 Å². The van der Waals surface area contributed by atoms with Crippen molar-refractivity contribution in [1.82, 2.24) is 15.0 Å². The van der Waals surface area contributed by atoms with E-state index in [9.17, 15) is 0 Å². The Morgan fingerprint density at radius 3 is 2.45 bits per heavy atom. The van der Waals surface area contributed by atoms with Crippen LogP contribution in [0.5, 0.6) is 5.75 Å². The van der Waals surface area contributed by atoms with Crippen LogP contribution in [0.4, 0.5) is 17.5 Å². The lowest BCUT2D eigenvalue weighted by molar-refractivity contribution is 0.0256. The molecule has 3 heterocycles. The number of aromatic nitrogens is 3. The van der Waals surface area contributed by atoms with E-state index in [0.717, 1.165) is 67.7 Å². The maximum Gasteiger partial charge on any atom is 0.227 e. The van der Waals surface area contributed by atoms with Crippen LogP contribution in [0.1, 0.15) is 26.7 Å². The van der Waals surface area contributed by atoms with E-state index in [1.807, 2.05) is 48.7 Å². The SMILES string of the molecule is CCN(CC)c1ccc(Nc2nccc(-c3ccc(OC4CCOCC4)cc3)n2)cn1. The second kappa shape index (κ2) is 10.2. The standard InChI is InChI=1S/C24H29N5O2/c1-3-29(4-2)23-10-7-19(17-26-23)27-24-25-14-11-22(28-24)18-5-8-20(9-6-18)31-21-12-15-30-16-13-21/h5-11,14,17,21H,3-4,12-13,15-16H2,1-2H3,(H,25,27,28). The monoisotopic (exact) mass is 419 g/mol. The second-order valence-corrected chi connectivity index (χ2v) is 7.42. The summed E-state index contributed by atoms with van der Waals surface area (Å²) in [6.07, 6.45) is 5.68. The van der Waals surface area contributed by atoms with Crippen molar-refractivity contribution in [2.75, 3.05) is 36.5 Å². The Labute approximate surface area is 183 Å². The first kappa shape index (κ1) is 21.1. The van der Waals surface area contributed by atoms with Gasteiger partial charge in [-0.1, -0.05) is 0 Å². The van der Waals surface area contributed by atoms with Crippen molar-refractivity contribution < 1.29 is 9.47 Å². The molecule has 2 aromatic heterocycles. The van der Waals surface area contributed by atoms with E-state index >= 15 is 0 Å². The first-order valence-electron chi connectivity index (χ1n) is 10.9. The lowest BCUT2D eigenvalue weighted by Crippen LogP contribution is -2.25. The van der Waals surface area contributed by atoms with Crippen LogP contribution in [0, 0.1) is 0 Å². The van der Waals surface area contributed by atoms with Crippen LogP contribution in [-0.2, 0) is 4.74 Å². The molecule has 7 heteroatoms. The van der Waals surface area contributed by atoms with Crippen molar-refractivity contribution in [3.05, 3.63) is 54.9 Å². The van der Waals surface area contributed by atoms with Gasteiger partial charge in [-0.3, -0.25) is 0 Å². The average Bonchev–Trinajstić information content (AvgIpc) is 2.82. The van der Waals surface area contributed by atoms with Crippen molar-refractivity contribution in [3.8, 4) is 17.0 Å². The minimum Gasteiger partial charge on any atom is -0.490 e. The molecule has 0 amide bonds. The van der Waals surface area contributed by atoms with E-state index in [4.69, 9.17) is 9.47 Å². The molecule has 4 rings (SSSR count). The lowest BCUT2D eigenvalue weighted by Gasteiger charge is -2.23. The van der Waals surface area contributed by atoms with Gasteiger partial charge in [0.2, 0.25) is 5.95 Å². The largest absolute Gasteiger partial charge is 0.490 e. The zero-order valence-corrected chi connectivity index (χ0v) is 18.1. The molecule has 0 unspecified atom stereocenters. The Bertz CT molecular complexity index is 952. The molecule has 3 aromatic rings. The maximum atomic E-state index is 6.06. The third-order valence-corrected chi connectivity index (χ3v) is 5.37. The lowest BCUT2D eigenvalue weighted by atomic mass is 10.1. The van der Waals surface area contributed by atoms with Crippen LogP contribution < -0.4 is 15.0 Å². The first-order valence-corrected chi connectivity index (χ1v) is 10.9. The number of ether oxygens (including phenoxy) is 2. The quantitative estimate of drug-likeness (QED) is 0.568. The predicted octanol–water partition coefficient (Wildman–Crippen LogP) is 4.69. The summed E-state index contributed by atoms with van der Waals surface area (Å²) in [7, 11) is 0. The number of pyridine rings is 1. The van der Waals surface area contributed by atoms with E-state index in [1.165, 1.54) is 0 Å². The Morgan fingerprint density at radius 2 is 1.77 bits per heavy atom. The zero-order chi connectivity index (χ0) is 21.5. The van der Waals surface area contributed by atoms with Gasteiger partial charge in [0.25, 0.3) is 0 Å². The molecule has 0 bridgehead atoms. The average molecular weight is 420 g/mol. The molecular weight excluding hydrogens is 390 g/mol. The minimum absolute atomic E-state index is 0.233. The minimum atomic E-state index is 0.233. The molecule has 1 aromatic carbocycles. The maximum absolute atomic E-state index is 6.06. The van der Waals surface area contributed by atoms with Crippen LogP contribution in [0.2, 0.25) is 0 Å². The van der Waals surface area contributed by atoms with Crippen LogP contribution in [0.25, 0.3) is 11.3 Å². The normalized spacial score (nSPS) is 14.3. The third kappa shape index (κ3) is 5.49. The molecule has 31 heavy (non-hydrogen) atoms. The predicted molar refractivity (Wildman–Crippen MR) is 123 cm³/mol. The molecule has 1 aliphatic rings. The van der Waals surface area contributed by atoms with Crippen molar-refractivity contribution in [3.63, 3.8) is 0 Å². The number of anilines is 3. The van der Waals surface area contributed by atoms with Gasteiger partial charge in [-0.05, 0) is 56.3 Å². The van der Waals surface area contributed by atoms with Crippen LogP contribution in [0.3, 0.4) is 0 Å². The number of hydrogen-bond acceptors (Lipinski definition) is 7. The van der Waals surface area contributed by atoms with Crippen molar-refractivity contribution >= 4 is 17.5 Å². The highest BCUT2D eigenvalue weighted by Crippen LogP contribution is 2.24. The van der Waals surface area contributed by atoms with Gasteiger partial charge in [0.15, 0.2) is 0 Å². The van der Waals surface area contributed by atoms with Gasteiger partial charge in [0, 0.05) is 37.7 Å². The van der Waals surface area contributed by atoms with E-state index in [0.29, 0.717) is 5.95 Å². The second-order valence-electron chi connectivity index (χ2n) is 7.42. The molecule has 0 atom stereocenters. The number of benzene rings is 1. The smallest absolute Gasteiger partial charge is 0.227 e. The van der Waals surface area contributed by atoms with Crippen LogP contribution in [0.15, 0.2) is 54.9 Å². The summed E-state index contributed by atoms with van der Waals surface area (Å²) in [5.74, 6) is 2.38. The Balaban J connectivity index is 1.42. The first-order chi connectivity index (χ1) is 15.2. The fourth-order valence-electron chi connectivity index (χ4n) is 3.59. The highest BCUT2D eigenvalue weighted by Gasteiger charge is 2.15. The molecule has 1 aliphatic heterocycles. The molecular formula is C24H29N5O2. The molecule has 0 saturated carbocycles. The van der Waals surface area contributed by atoms with Gasteiger partial charge in [0.1, 0.15) is 17.7 Å². The van der Waals surface area contributed by atoms with E-state index < -0.39 is 0 Å². The number of hydrogen-bond donors (Lipinski definition) is 1. The summed E-state index contributed by atoms with van der Waals surface area (Å²) in [5.41, 5.74) is 2.72. The highest BCUT2D eigenvalue weighted by molar-refractivity contribution is 5.63. The summed E-state index contributed by atoms with van der Waals surface area (Å²) < 4.78 is 11.4. The molecule has 162 valence electrons. The summed E-state index contributed by atoms with van der Waals surface area (Å²) in [4.78, 5) is 15.7. The molecule has 7 nitrogen and oxygen atoms in total. The Morgan fingerprint density at radius 1 is 1.00 bits per heavy atom. The van der Waals surface area contributed by atoms with Crippen molar-refractivity contribution in [2.45, 2.75) is 32.8 Å². The van der Waals surface area contributed by atoms with Gasteiger partial charge in [-0.2, -0.15) is 0 Å². The fraction of sp³-hybridized carbons (Fsp3) is 0.375. The van der Waals surface area contributed by atoms with Gasteiger partial charge < -0.3 is 19.7 Å². The van der Waals surface area contributed by atoms with Gasteiger partial charge >= 0.3 is 0 Å². The highest BCUT2D eigenvalue weighted by atomic mass is 16.5. The Kier molecular flexibility index (Phi) is 6.94. The number of nitrogens with one attached hydrogen (secondary N) is 1. The Hall–Kier alpha value is -3.19. The summed E-state index contributed by atoms with van der Waals surface area (Å²) in [6, 6.07) is 14.0. The van der Waals surface area contributed by atoms with E-state index in [1.54, 1.807) is 6.20 Å². The van der Waals surface area contributed by atoms with Crippen molar-refractivity contribution in [2.24, 2.45) is 0 Å². The molecule has 1 saturated heterocycles. The molecule has 0 aliphatic carbocycles. The van der Waals surface area contributed by atoms with E-state index in [2.05, 4.69) is 39.0 Å². The zero-order valence-electron chi connectivity index (χ0n) is 18.1.